The minimum absolute atomic E-state index is 0.661. The van der Waals surface area contributed by atoms with Gasteiger partial charge in [-0.3, -0.25) is 0 Å². The van der Waals surface area contributed by atoms with E-state index in [2.05, 4.69) is 84.5 Å². The highest BCUT2D eigenvalue weighted by Gasteiger charge is 2.11. The maximum atomic E-state index is 4.76. The van der Waals surface area contributed by atoms with E-state index in [0.717, 1.165) is 23.7 Å². The second-order valence-electron chi connectivity index (χ2n) is 6.55. The van der Waals surface area contributed by atoms with Crippen molar-refractivity contribution in [3.63, 3.8) is 0 Å². The Hall–Kier alpha value is -2.88. The molecular weight excluding hydrogens is 320 g/mol. The second-order valence-corrected chi connectivity index (χ2v) is 6.55. The van der Waals surface area contributed by atoms with Gasteiger partial charge >= 0.3 is 0 Å². The van der Waals surface area contributed by atoms with Crippen LogP contribution in [0.5, 0.6) is 0 Å². The van der Waals surface area contributed by atoms with E-state index < -0.39 is 0 Å². The van der Waals surface area contributed by atoms with E-state index in [1.165, 1.54) is 16.7 Å². The summed E-state index contributed by atoms with van der Waals surface area (Å²) in [6.07, 6.45) is 0. The summed E-state index contributed by atoms with van der Waals surface area (Å²) in [6.45, 7) is 9.94. The van der Waals surface area contributed by atoms with Gasteiger partial charge in [-0.05, 0) is 56.5 Å². The molecule has 0 aliphatic rings. The van der Waals surface area contributed by atoms with Crippen LogP contribution in [0.4, 0.5) is 17.5 Å². The van der Waals surface area contributed by atoms with Crippen molar-refractivity contribution in [2.45, 2.75) is 34.2 Å². The molecule has 26 heavy (non-hydrogen) atoms. The first-order chi connectivity index (χ1) is 12.6. The molecule has 0 radical (unpaired) electrons. The highest BCUT2D eigenvalue weighted by atomic mass is 15.2. The van der Waals surface area contributed by atoms with E-state index in [1.807, 2.05) is 13.0 Å². The monoisotopic (exact) mass is 346 g/mol. The van der Waals surface area contributed by atoms with E-state index in [9.17, 15) is 0 Å². The minimum atomic E-state index is 0.661. The molecule has 4 nitrogen and oxygen atoms in total. The number of nitrogens with zero attached hydrogens (tertiary/aromatic N) is 3. The van der Waals surface area contributed by atoms with Crippen LogP contribution in [0, 0.1) is 20.8 Å². The molecule has 0 amide bonds. The first-order valence-electron chi connectivity index (χ1n) is 9.05. The van der Waals surface area contributed by atoms with Crippen molar-refractivity contribution in [3.05, 3.63) is 77.0 Å². The topological polar surface area (TPSA) is 41.1 Å². The van der Waals surface area contributed by atoms with Gasteiger partial charge in [0.15, 0.2) is 0 Å². The maximum absolute atomic E-state index is 4.76. The van der Waals surface area contributed by atoms with Gasteiger partial charge < -0.3 is 10.2 Å². The SMILES string of the molecule is CCN(c1cccc(C)c1)c1cc(C)nc(NCc2ccccc2C)n1. The van der Waals surface area contributed by atoms with Gasteiger partial charge in [0.1, 0.15) is 5.82 Å². The molecule has 1 aromatic heterocycles. The minimum Gasteiger partial charge on any atom is -0.350 e. The van der Waals surface area contributed by atoms with Crippen LogP contribution in [-0.2, 0) is 6.54 Å². The lowest BCUT2D eigenvalue weighted by Crippen LogP contribution is -2.19. The first kappa shape index (κ1) is 17.9. The van der Waals surface area contributed by atoms with E-state index in [1.54, 1.807) is 0 Å². The summed E-state index contributed by atoms with van der Waals surface area (Å²) in [5.41, 5.74) is 5.86. The number of nitrogens with one attached hydrogen (secondary N) is 1. The van der Waals surface area contributed by atoms with Crippen LogP contribution in [0.1, 0.15) is 29.3 Å². The van der Waals surface area contributed by atoms with Crippen molar-refractivity contribution in [2.24, 2.45) is 0 Å². The number of rotatable bonds is 6. The lowest BCUT2D eigenvalue weighted by atomic mass is 10.1. The van der Waals surface area contributed by atoms with Crippen LogP contribution >= 0.6 is 0 Å². The summed E-state index contributed by atoms with van der Waals surface area (Å²) in [4.78, 5) is 11.5. The smallest absolute Gasteiger partial charge is 0.225 e. The van der Waals surface area contributed by atoms with Gasteiger partial charge in [-0.1, -0.05) is 36.4 Å². The van der Waals surface area contributed by atoms with Crippen molar-refractivity contribution in [3.8, 4) is 0 Å². The summed E-state index contributed by atoms with van der Waals surface area (Å²) < 4.78 is 0. The molecule has 0 fully saturated rings. The van der Waals surface area contributed by atoms with E-state index in [0.29, 0.717) is 12.5 Å². The average Bonchev–Trinajstić information content (AvgIpc) is 2.61. The number of aromatic nitrogens is 2. The van der Waals surface area contributed by atoms with Crippen LogP contribution in [0.2, 0.25) is 0 Å². The Bertz CT molecular complexity index is 889. The van der Waals surface area contributed by atoms with Crippen molar-refractivity contribution in [2.75, 3.05) is 16.8 Å². The highest BCUT2D eigenvalue weighted by molar-refractivity contribution is 5.62. The third-order valence-corrected chi connectivity index (χ3v) is 4.45. The predicted molar refractivity (Wildman–Crippen MR) is 109 cm³/mol. The molecule has 0 saturated carbocycles. The average molecular weight is 346 g/mol. The van der Waals surface area contributed by atoms with Gasteiger partial charge in [0, 0.05) is 30.5 Å². The number of aryl methyl sites for hydroxylation is 3. The molecule has 0 aliphatic heterocycles. The van der Waals surface area contributed by atoms with Crippen molar-refractivity contribution >= 4 is 17.5 Å². The zero-order valence-corrected chi connectivity index (χ0v) is 16.0. The molecule has 0 spiro atoms. The molecular formula is C22H26N4. The standard InChI is InChI=1S/C22H26N4/c1-5-26(20-12-8-9-16(2)13-20)21-14-18(4)24-22(25-21)23-15-19-11-7-6-10-17(19)3/h6-14H,5,15H2,1-4H3,(H,23,24,25). The second kappa shape index (κ2) is 8.00. The molecule has 1 N–H and O–H groups in total. The number of hydrogen-bond acceptors (Lipinski definition) is 4. The fraction of sp³-hybridized carbons (Fsp3) is 0.273. The molecule has 3 aromatic rings. The predicted octanol–water partition coefficient (Wildman–Crippen LogP) is 5.17. The quantitative estimate of drug-likeness (QED) is 0.668. The zero-order chi connectivity index (χ0) is 18.5. The molecule has 0 unspecified atom stereocenters. The van der Waals surface area contributed by atoms with E-state index >= 15 is 0 Å². The van der Waals surface area contributed by atoms with Crippen LogP contribution < -0.4 is 10.2 Å². The largest absolute Gasteiger partial charge is 0.350 e. The summed E-state index contributed by atoms with van der Waals surface area (Å²) in [5.74, 6) is 1.58. The number of anilines is 3. The Labute approximate surface area is 155 Å². The summed E-state index contributed by atoms with van der Waals surface area (Å²) >= 11 is 0. The molecule has 0 bridgehead atoms. The molecule has 0 aliphatic carbocycles. The van der Waals surface area contributed by atoms with Crippen molar-refractivity contribution in [1.82, 2.24) is 9.97 Å². The Morgan fingerprint density at radius 3 is 2.46 bits per heavy atom. The van der Waals surface area contributed by atoms with E-state index in [-0.39, 0.29) is 0 Å². The molecule has 2 aromatic carbocycles. The summed E-state index contributed by atoms with van der Waals surface area (Å²) in [7, 11) is 0. The Morgan fingerprint density at radius 1 is 0.923 bits per heavy atom. The van der Waals surface area contributed by atoms with Crippen LogP contribution in [0.3, 0.4) is 0 Å². The van der Waals surface area contributed by atoms with E-state index in [4.69, 9.17) is 4.98 Å². The third kappa shape index (κ3) is 4.20. The Morgan fingerprint density at radius 2 is 1.73 bits per heavy atom. The van der Waals surface area contributed by atoms with Crippen LogP contribution in [0.15, 0.2) is 54.6 Å². The molecule has 0 atom stereocenters. The lowest BCUT2D eigenvalue weighted by molar-refractivity contribution is 0.953. The normalized spacial score (nSPS) is 10.6. The molecule has 1 heterocycles. The van der Waals surface area contributed by atoms with Gasteiger partial charge in [-0.2, -0.15) is 4.98 Å². The first-order valence-corrected chi connectivity index (χ1v) is 9.05. The Kier molecular flexibility index (Phi) is 5.52. The summed E-state index contributed by atoms with van der Waals surface area (Å²) in [5, 5.41) is 3.38. The molecule has 3 rings (SSSR count). The van der Waals surface area contributed by atoms with Gasteiger partial charge in [0.05, 0.1) is 0 Å². The van der Waals surface area contributed by atoms with Gasteiger partial charge in [-0.25, -0.2) is 4.98 Å². The van der Waals surface area contributed by atoms with Crippen LogP contribution in [-0.4, -0.2) is 16.5 Å². The maximum Gasteiger partial charge on any atom is 0.225 e. The molecule has 0 saturated heterocycles. The fourth-order valence-electron chi connectivity index (χ4n) is 3.02. The molecule has 134 valence electrons. The van der Waals surface area contributed by atoms with Crippen LogP contribution in [0.25, 0.3) is 0 Å². The highest BCUT2D eigenvalue weighted by Crippen LogP contribution is 2.25. The number of benzene rings is 2. The Balaban J connectivity index is 1.85. The van der Waals surface area contributed by atoms with Crippen molar-refractivity contribution < 1.29 is 0 Å². The lowest BCUT2D eigenvalue weighted by Gasteiger charge is -2.23. The third-order valence-electron chi connectivity index (χ3n) is 4.45. The fourth-order valence-corrected chi connectivity index (χ4v) is 3.02. The van der Waals surface area contributed by atoms with Crippen molar-refractivity contribution in [1.29, 1.82) is 0 Å². The molecule has 4 heteroatoms. The summed E-state index contributed by atoms with van der Waals surface area (Å²) in [6, 6.07) is 18.9. The van der Waals surface area contributed by atoms with Gasteiger partial charge in [-0.15, -0.1) is 0 Å². The van der Waals surface area contributed by atoms with Gasteiger partial charge in [0.2, 0.25) is 5.95 Å². The zero-order valence-electron chi connectivity index (χ0n) is 16.0. The van der Waals surface area contributed by atoms with Gasteiger partial charge in [0.25, 0.3) is 0 Å². The number of hydrogen-bond donors (Lipinski definition) is 1.